The summed E-state index contributed by atoms with van der Waals surface area (Å²) in [5.41, 5.74) is 2.11. The Morgan fingerprint density at radius 2 is 1.48 bits per heavy atom. The Bertz CT molecular complexity index is 906. The zero-order chi connectivity index (χ0) is 23.0. The average molecular weight is 453 g/mol. The van der Waals surface area contributed by atoms with E-state index in [-0.39, 0.29) is 35.1 Å². The van der Waals surface area contributed by atoms with Crippen LogP contribution < -0.4 is 34.7 Å². The zero-order valence-corrected chi connectivity index (χ0v) is 21.2. The molecule has 2 aromatic rings. The summed E-state index contributed by atoms with van der Waals surface area (Å²) in [6.07, 6.45) is 4.57. The third-order valence-corrected chi connectivity index (χ3v) is 4.06. The van der Waals surface area contributed by atoms with Crippen LogP contribution >= 0.6 is 0 Å². The molecule has 0 amide bonds. The van der Waals surface area contributed by atoms with Gasteiger partial charge in [0.15, 0.2) is 0 Å². The number of aliphatic carboxylic acids is 1. The molecule has 7 heteroatoms. The molecular weight excluding hydrogens is 423 g/mol. The quantitative estimate of drug-likeness (QED) is 0.391. The number of hydrogen-bond acceptors (Lipinski definition) is 4. The van der Waals surface area contributed by atoms with Crippen molar-refractivity contribution in [3.8, 4) is 0 Å². The van der Waals surface area contributed by atoms with Crippen molar-refractivity contribution in [2.75, 3.05) is 0 Å². The molecule has 2 aromatic carbocycles. The monoisotopic (exact) mass is 452 g/mol. The molecule has 0 aliphatic heterocycles. The molecule has 0 aliphatic rings. The number of carbonyl (C=O) groups is 1. The van der Waals surface area contributed by atoms with Crippen molar-refractivity contribution in [1.82, 2.24) is 0 Å². The van der Waals surface area contributed by atoms with Crippen molar-refractivity contribution in [1.29, 1.82) is 0 Å². The molecule has 0 heterocycles. The second kappa shape index (κ2) is 17.7. The van der Waals surface area contributed by atoms with Crippen LogP contribution in [0.5, 0.6) is 0 Å². The number of carboxylic acid groups (broad SMARTS) is 1. The van der Waals surface area contributed by atoms with Crippen LogP contribution in [0.25, 0.3) is 12.2 Å². The number of rotatable bonds is 7. The first-order valence-corrected chi connectivity index (χ1v) is 10.8. The van der Waals surface area contributed by atoms with E-state index in [1.165, 1.54) is 11.6 Å². The molecule has 162 valence electrons. The standard InChI is InChI=1S/C8H8O3S.C8H14O2.C8H8.Na/c9-12(10,11)7-6-8-4-2-1-3-5-8;1-6(2)4-5-7(3)8(9)10;1-2-8-6-4-3-5-7-8;/h1-7H,(H,9,10,11);6H,3-5H2,1-2H3,(H,9,10);2-7H,1H2;/q;;;+1/p-1. The molecule has 0 bridgehead atoms. The van der Waals surface area contributed by atoms with Crippen LogP contribution in [-0.4, -0.2) is 18.9 Å². The van der Waals surface area contributed by atoms with Gasteiger partial charge in [-0.3, -0.25) is 4.55 Å². The Kier molecular flexibility index (Phi) is 17.8. The Balaban J connectivity index is 0. The molecule has 0 spiro atoms. The van der Waals surface area contributed by atoms with Crippen LogP contribution in [0.15, 0.2) is 84.8 Å². The normalized spacial score (nSPS) is 10.1. The summed E-state index contributed by atoms with van der Waals surface area (Å²) < 4.78 is 28.9. The summed E-state index contributed by atoms with van der Waals surface area (Å²) in [4.78, 5) is 10.1. The van der Waals surface area contributed by atoms with Crippen LogP contribution in [0.4, 0.5) is 0 Å². The molecule has 0 unspecified atom stereocenters. The third kappa shape index (κ3) is 19.7. The van der Waals surface area contributed by atoms with Gasteiger partial charge in [-0.25, -0.2) is 0 Å². The number of benzene rings is 2. The van der Waals surface area contributed by atoms with E-state index in [1.54, 1.807) is 24.3 Å². The Labute approximate surface area is 208 Å². The number of carbonyl (C=O) groups excluding carboxylic acids is 1. The fourth-order valence-corrected chi connectivity index (χ4v) is 2.21. The summed E-state index contributed by atoms with van der Waals surface area (Å²) in [5.74, 6) is -0.600. The zero-order valence-electron chi connectivity index (χ0n) is 18.4. The topological polar surface area (TPSA) is 94.5 Å². The molecule has 0 fully saturated rings. The molecule has 0 saturated heterocycles. The maximum Gasteiger partial charge on any atom is 1.00 e. The second-order valence-electron chi connectivity index (χ2n) is 6.67. The number of hydrogen-bond donors (Lipinski definition) is 1. The fourth-order valence-electron chi connectivity index (χ4n) is 1.88. The Hall–Kier alpha value is -1.96. The summed E-state index contributed by atoms with van der Waals surface area (Å²) in [6.45, 7) is 11.1. The van der Waals surface area contributed by atoms with Crippen molar-refractivity contribution >= 4 is 28.2 Å². The smallest absolute Gasteiger partial charge is 0.545 e. The van der Waals surface area contributed by atoms with Gasteiger partial charge in [0.25, 0.3) is 10.1 Å². The maximum absolute atomic E-state index is 10.3. The SMILES string of the molecule is C=C(CCC(C)C)C(=O)[O-].C=Cc1ccccc1.O=S(=O)(O)C=Cc1ccccc1.[Na+]. The minimum Gasteiger partial charge on any atom is -0.545 e. The first-order valence-electron chi connectivity index (χ1n) is 9.32. The van der Waals surface area contributed by atoms with E-state index < -0.39 is 16.1 Å². The van der Waals surface area contributed by atoms with Gasteiger partial charge < -0.3 is 9.90 Å². The minimum atomic E-state index is -4.00. The van der Waals surface area contributed by atoms with Gasteiger partial charge in [-0.1, -0.05) is 93.7 Å². The molecule has 0 saturated carbocycles. The summed E-state index contributed by atoms with van der Waals surface area (Å²) in [6, 6.07) is 18.9. The average Bonchev–Trinajstić information content (AvgIpc) is 2.72. The van der Waals surface area contributed by atoms with Crippen molar-refractivity contribution in [3.63, 3.8) is 0 Å². The van der Waals surface area contributed by atoms with E-state index in [0.717, 1.165) is 17.4 Å². The summed E-state index contributed by atoms with van der Waals surface area (Å²) in [7, 11) is -4.00. The van der Waals surface area contributed by atoms with E-state index in [9.17, 15) is 18.3 Å². The van der Waals surface area contributed by atoms with E-state index >= 15 is 0 Å². The van der Waals surface area contributed by atoms with Gasteiger partial charge in [-0.2, -0.15) is 8.42 Å². The van der Waals surface area contributed by atoms with Gasteiger partial charge >= 0.3 is 29.6 Å². The molecule has 0 aromatic heterocycles. The first kappa shape index (κ1) is 31.2. The molecule has 0 radical (unpaired) electrons. The van der Waals surface area contributed by atoms with Gasteiger partial charge in [0.05, 0.1) is 11.4 Å². The van der Waals surface area contributed by atoms with Gasteiger partial charge in [-0.15, -0.1) is 0 Å². The van der Waals surface area contributed by atoms with Crippen LogP contribution in [0.1, 0.15) is 37.8 Å². The molecule has 5 nitrogen and oxygen atoms in total. The molecule has 1 N–H and O–H groups in total. The van der Waals surface area contributed by atoms with Gasteiger partial charge in [0.2, 0.25) is 0 Å². The third-order valence-electron chi connectivity index (χ3n) is 3.58. The minimum absolute atomic E-state index is 0. The van der Waals surface area contributed by atoms with Crippen molar-refractivity contribution in [2.45, 2.75) is 26.7 Å². The second-order valence-corrected chi connectivity index (χ2v) is 7.97. The first-order chi connectivity index (χ1) is 14.0. The predicted octanol–water partition coefficient (Wildman–Crippen LogP) is 1.61. The Morgan fingerprint density at radius 1 is 1.03 bits per heavy atom. The van der Waals surface area contributed by atoms with Crippen molar-refractivity contribution in [2.24, 2.45) is 5.92 Å². The number of carboxylic acids is 1. The van der Waals surface area contributed by atoms with Crippen molar-refractivity contribution < 1.29 is 52.4 Å². The maximum atomic E-state index is 10.3. The van der Waals surface area contributed by atoms with Gasteiger partial charge in [0.1, 0.15) is 0 Å². The van der Waals surface area contributed by atoms with Crippen LogP contribution in [-0.2, 0) is 14.9 Å². The van der Waals surface area contributed by atoms with E-state index in [1.807, 2.05) is 56.3 Å². The van der Waals surface area contributed by atoms with Gasteiger partial charge in [0, 0.05) is 0 Å². The summed E-state index contributed by atoms with van der Waals surface area (Å²) >= 11 is 0. The molecule has 31 heavy (non-hydrogen) atoms. The van der Waals surface area contributed by atoms with E-state index in [0.29, 0.717) is 12.3 Å². The molecular formula is C24H29NaO5S. The van der Waals surface area contributed by atoms with Gasteiger partial charge in [-0.05, 0) is 41.5 Å². The molecule has 0 aliphatic carbocycles. The van der Waals surface area contributed by atoms with Crippen molar-refractivity contribution in [3.05, 3.63) is 95.9 Å². The van der Waals surface area contributed by atoms with Crippen LogP contribution in [0.2, 0.25) is 0 Å². The summed E-state index contributed by atoms with van der Waals surface area (Å²) in [5, 5.41) is 10.9. The Morgan fingerprint density at radius 3 is 1.81 bits per heavy atom. The molecule has 0 atom stereocenters. The largest absolute Gasteiger partial charge is 1.00 e. The van der Waals surface area contributed by atoms with Crippen LogP contribution in [0.3, 0.4) is 0 Å². The fraction of sp³-hybridized carbons (Fsp3) is 0.208. The van der Waals surface area contributed by atoms with E-state index in [2.05, 4.69) is 13.2 Å². The van der Waals surface area contributed by atoms with Crippen LogP contribution in [0, 0.1) is 5.92 Å². The molecule has 2 rings (SSSR count). The van der Waals surface area contributed by atoms with E-state index in [4.69, 9.17) is 4.55 Å². The predicted molar refractivity (Wildman–Crippen MR) is 122 cm³/mol.